The van der Waals surface area contributed by atoms with Crippen molar-refractivity contribution < 1.29 is 47.6 Å². The molecule has 22 nitrogen and oxygen atoms in total. The molecule has 19 rings (SSSR count). The lowest BCUT2D eigenvalue weighted by Gasteiger charge is -2.45. The number of nitrogens with two attached hydrogens (primary N) is 4. The first kappa shape index (κ1) is 82.1. The third-order valence-corrected chi connectivity index (χ3v) is 30.0. The van der Waals surface area contributed by atoms with Gasteiger partial charge in [-0.15, -0.1) is 0 Å². The van der Waals surface area contributed by atoms with Crippen molar-refractivity contribution in [3.63, 3.8) is 0 Å². The molecule has 626 valence electrons. The number of benzene rings is 5. The van der Waals surface area contributed by atoms with Crippen molar-refractivity contribution in [3.05, 3.63) is 147 Å². The average molecular weight is 1620 g/mol. The summed E-state index contributed by atoms with van der Waals surface area (Å²) in [6.45, 7) is 18.3. The molecule has 10 aliphatic carbocycles. The van der Waals surface area contributed by atoms with Gasteiger partial charge in [0.05, 0.1) is 38.1 Å². The normalized spacial score (nSPS) is 32.1. The van der Waals surface area contributed by atoms with Crippen LogP contribution in [0.15, 0.2) is 117 Å². The standard InChI is InChI=1S/C24H26ClN3O.2C24H33N3O3.C22H31N3O3/c1-15-8-10-23(11-9-15)14-18-7-6-17(16-4-3-5-19(25)12-16)13-20(18)24(23)21(29)28(2)22(26)27-24;2*1-15(2)27-21(28)24(26-22(27)25)20-12-19(30-14-16-4-5-16)7-6-17(20)13-23(24)10-8-18(29-3)9-11-23;1-5-28-17-7-6-15-13-21(10-8-16(27-4)9-11-21)22(18(15)12-17)19(26)25(14(2)3)20(23)24-22/h3-7,12-13,15H,8-11,14H2,1-2H3,(H2,26,27);2*6-7,12,15-16,18H,4-5,8-11,13-14H2,1-3H3,(H2,25,26);6-7,12,14,16H,5,8-11,13H2,1-4H3,(H2,23,24)/t;2*18?,23?,24-;/m.10./s1. The molecule has 4 atom stereocenters. The van der Waals surface area contributed by atoms with Crippen LogP contribution >= 0.6 is 11.6 Å². The van der Waals surface area contributed by atoms with Crippen molar-refractivity contribution in [2.75, 3.05) is 48.2 Å². The summed E-state index contributed by atoms with van der Waals surface area (Å²) in [5.41, 5.74) is 31.6. The molecule has 117 heavy (non-hydrogen) atoms. The average Bonchev–Trinajstić information content (AvgIpc) is 1.54. The highest BCUT2D eigenvalue weighted by atomic mass is 35.5. The molecule has 4 amide bonds. The summed E-state index contributed by atoms with van der Waals surface area (Å²) in [5.74, 6) is 5.98. The smallest absolute Gasteiger partial charge is 0.262 e. The number of ether oxygens (including phenoxy) is 6. The lowest BCUT2D eigenvalue weighted by molar-refractivity contribution is -0.140. The minimum Gasteiger partial charge on any atom is -0.494 e. The lowest BCUT2D eigenvalue weighted by Crippen LogP contribution is -2.53. The molecular weight excluding hydrogens is 1490 g/mol. The van der Waals surface area contributed by atoms with Crippen LogP contribution in [0.4, 0.5) is 0 Å². The molecule has 6 fully saturated rings. The number of carbonyl (C=O) groups is 4. The zero-order valence-electron chi connectivity index (χ0n) is 70.9. The Hall–Kier alpha value is -8.57. The molecule has 0 radical (unpaired) electrons. The zero-order chi connectivity index (χ0) is 82.7. The summed E-state index contributed by atoms with van der Waals surface area (Å²) < 4.78 is 34.8. The number of methoxy groups -OCH3 is 3. The minimum atomic E-state index is -0.942. The van der Waals surface area contributed by atoms with Crippen LogP contribution in [0.1, 0.15) is 228 Å². The summed E-state index contributed by atoms with van der Waals surface area (Å²) >= 11 is 6.23. The van der Waals surface area contributed by atoms with Crippen molar-refractivity contribution in [1.29, 1.82) is 0 Å². The Morgan fingerprint density at radius 2 is 0.726 bits per heavy atom. The molecule has 14 aliphatic rings. The van der Waals surface area contributed by atoms with Gasteiger partial charge in [-0.2, -0.15) is 0 Å². The molecule has 5 aromatic rings. The van der Waals surface area contributed by atoms with E-state index in [1.807, 2.05) is 84.9 Å². The van der Waals surface area contributed by atoms with Gasteiger partial charge in [0.2, 0.25) is 0 Å². The fraction of sp³-hybridized carbons (Fsp3) is 0.596. The first-order valence-electron chi connectivity index (χ1n) is 43.5. The van der Waals surface area contributed by atoms with Crippen LogP contribution in [-0.2, 0) is 81.2 Å². The number of likely N-dealkylation sites (N-methyl/N-ethyl adjacent to an activating group) is 1. The largest absolute Gasteiger partial charge is 0.494 e. The zero-order valence-corrected chi connectivity index (χ0v) is 71.6. The van der Waals surface area contributed by atoms with E-state index < -0.39 is 22.2 Å². The fourth-order valence-corrected chi connectivity index (χ4v) is 23.3. The van der Waals surface area contributed by atoms with Crippen molar-refractivity contribution in [1.82, 2.24) is 19.6 Å². The number of carbonyl (C=O) groups excluding carboxylic acids is 4. The van der Waals surface area contributed by atoms with E-state index in [-0.39, 0.29) is 81.7 Å². The predicted molar refractivity (Wildman–Crippen MR) is 456 cm³/mol. The molecule has 5 aromatic carbocycles. The van der Waals surface area contributed by atoms with Crippen LogP contribution in [0.25, 0.3) is 11.1 Å². The second-order valence-corrected chi connectivity index (χ2v) is 37.9. The van der Waals surface area contributed by atoms with Crippen LogP contribution in [-0.4, -0.2) is 152 Å². The van der Waals surface area contributed by atoms with E-state index in [0.717, 1.165) is 192 Å². The quantitative estimate of drug-likeness (QED) is 0.0758. The van der Waals surface area contributed by atoms with Crippen LogP contribution in [0, 0.1) is 39.4 Å². The van der Waals surface area contributed by atoms with Gasteiger partial charge in [-0.1, -0.05) is 73.8 Å². The van der Waals surface area contributed by atoms with Crippen molar-refractivity contribution >= 4 is 59.1 Å². The second kappa shape index (κ2) is 31.2. The van der Waals surface area contributed by atoms with Crippen molar-refractivity contribution in [2.45, 2.75) is 268 Å². The number of rotatable bonds is 15. The maximum Gasteiger partial charge on any atom is 0.262 e. The molecule has 0 saturated heterocycles. The summed E-state index contributed by atoms with van der Waals surface area (Å²) in [4.78, 5) is 82.1. The third kappa shape index (κ3) is 13.4. The molecule has 6 saturated carbocycles. The summed E-state index contributed by atoms with van der Waals surface area (Å²) in [6, 6.07) is 32.9. The second-order valence-electron chi connectivity index (χ2n) is 37.5. The molecule has 8 N–H and O–H groups in total. The molecular formula is C94H123ClN12O10. The van der Waals surface area contributed by atoms with Crippen LogP contribution < -0.4 is 37.1 Å². The molecule has 23 heteroatoms. The van der Waals surface area contributed by atoms with Gasteiger partial charge < -0.3 is 51.4 Å². The topological polar surface area (TPSA) is 290 Å². The van der Waals surface area contributed by atoms with Gasteiger partial charge in [0.1, 0.15) is 17.2 Å². The van der Waals surface area contributed by atoms with Gasteiger partial charge in [0, 0.05) is 73.2 Å². The van der Waals surface area contributed by atoms with E-state index in [9.17, 15) is 19.2 Å². The van der Waals surface area contributed by atoms with Crippen molar-refractivity contribution in [3.8, 4) is 28.4 Å². The Balaban J connectivity index is 0.000000117. The van der Waals surface area contributed by atoms with Gasteiger partial charge in [0.25, 0.3) is 23.6 Å². The van der Waals surface area contributed by atoms with E-state index in [1.165, 1.54) is 47.9 Å². The summed E-state index contributed by atoms with van der Waals surface area (Å²) in [6.07, 6.45) is 24.6. The maximum absolute atomic E-state index is 14.0. The van der Waals surface area contributed by atoms with Gasteiger partial charge in [-0.3, -0.25) is 38.8 Å². The predicted octanol–water partition coefficient (Wildman–Crippen LogP) is 14.5. The number of guanidine groups is 4. The number of halogens is 1. The fourth-order valence-electron chi connectivity index (χ4n) is 23.1. The van der Waals surface area contributed by atoms with Gasteiger partial charge in [-0.25, -0.2) is 20.0 Å². The highest BCUT2D eigenvalue weighted by Gasteiger charge is 2.71. The number of hydrogen-bond acceptors (Lipinski definition) is 18. The number of hydrogen-bond donors (Lipinski definition) is 4. The first-order valence-corrected chi connectivity index (χ1v) is 43.9. The highest BCUT2D eigenvalue weighted by Crippen LogP contribution is 2.67. The Labute approximate surface area is 696 Å². The number of amides is 4. The van der Waals surface area contributed by atoms with E-state index in [4.69, 9.17) is 82.9 Å². The van der Waals surface area contributed by atoms with Crippen LogP contribution in [0.5, 0.6) is 17.2 Å². The number of aliphatic imine (C=N–C) groups is 4. The van der Waals surface area contributed by atoms with E-state index in [1.54, 1.807) is 48.0 Å². The lowest BCUT2D eigenvalue weighted by atomic mass is 9.60. The van der Waals surface area contributed by atoms with Crippen molar-refractivity contribution in [2.24, 2.45) is 82.3 Å². The number of fused-ring (bicyclic) bond motifs is 12. The monoisotopic (exact) mass is 1610 g/mol. The first-order chi connectivity index (χ1) is 56.0. The molecule has 8 spiro atoms. The van der Waals surface area contributed by atoms with E-state index >= 15 is 0 Å². The van der Waals surface area contributed by atoms with Gasteiger partial charge in [-0.05, 0) is 318 Å². The Morgan fingerprint density at radius 1 is 0.410 bits per heavy atom. The SMILES string of the molecule is CC1CCC2(CC1)Cc1ccc(-c3cccc(Cl)c3)cc1C21N=C(N)N(C)C1=O.CCOc1ccc2c(c1)C1(N=C(N)N(C(C)C)C1=O)C1(CCC(OC)CC1)C2.COC1CCC2(CC1)Cc1ccc(OCC3CC3)cc1[C@@]21N=C(N)N(C(C)C)C1=O.COC1CCC2(CC1)Cc1ccc(OCC3CC3)cc1[C@]21N=C(N)N(C(C)C)C1=O. The van der Waals surface area contributed by atoms with Gasteiger partial charge >= 0.3 is 0 Å². The molecule has 4 aliphatic heterocycles. The summed E-state index contributed by atoms with van der Waals surface area (Å²) in [7, 11) is 7.08. The number of nitrogens with zero attached hydrogens (tertiary/aromatic N) is 8. The van der Waals surface area contributed by atoms with Gasteiger partial charge in [0.15, 0.2) is 46.0 Å². The molecule has 4 heterocycles. The minimum absolute atomic E-state index is 0.0169. The Morgan fingerprint density at radius 3 is 1.03 bits per heavy atom. The summed E-state index contributed by atoms with van der Waals surface area (Å²) in [5, 5.41) is 0.703. The third-order valence-electron chi connectivity index (χ3n) is 29.8. The Kier molecular flexibility index (Phi) is 21.9. The maximum atomic E-state index is 14.0. The highest BCUT2D eigenvalue weighted by molar-refractivity contribution is 6.30. The van der Waals surface area contributed by atoms with E-state index in [0.29, 0.717) is 53.2 Å². The molecule has 0 aromatic heterocycles. The van der Waals surface area contributed by atoms with Crippen LogP contribution in [0.2, 0.25) is 5.02 Å². The van der Waals surface area contributed by atoms with Crippen LogP contribution in [0.3, 0.4) is 0 Å². The molecule has 2 unspecified atom stereocenters. The molecule has 0 bridgehead atoms. The Bertz CT molecular complexity index is 4660. The van der Waals surface area contributed by atoms with E-state index in [2.05, 4.69) is 67.6 Å².